The Hall–Kier alpha value is -2.38. The number of Topliss-reactive ketones (excluding diaryl/α,β-unsaturated/α-hetero) is 1. The molecule has 0 bridgehead atoms. The number of rotatable bonds is 9. The lowest BCUT2D eigenvalue weighted by atomic mass is 9.29. The molecule has 4 saturated carbocycles. The predicted octanol–water partition coefficient (Wildman–Crippen LogP) is 9.90. The lowest BCUT2D eigenvalue weighted by molar-refractivity contribution is -0.251. The average molecular weight is 738 g/mol. The summed E-state index contributed by atoms with van der Waals surface area (Å²) >= 11 is 6.14. The molecule has 7 nitrogen and oxygen atoms in total. The molecule has 0 unspecified atom stereocenters. The van der Waals surface area contributed by atoms with Crippen LogP contribution in [-0.4, -0.2) is 46.7 Å². The fourth-order valence-corrected chi connectivity index (χ4v) is 13.6. The summed E-state index contributed by atoms with van der Waals surface area (Å²) in [4.78, 5) is 39.0. The molecule has 5 aliphatic rings. The van der Waals surface area contributed by atoms with Gasteiger partial charge in [-0.1, -0.05) is 67.0 Å². The Morgan fingerprint density at radius 3 is 2.19 bits per heavy atom. The smallest absolute Gasteiger partial charge is 0.309 e. The number of carboxylic acid groups (broad SMARTS) is 1. The van der Waals surface area contributed by atoms with Gasteiger partial charge in [0, 0.05) is 34.5 Å². The van der Waals surface area contributed by atoms with Crippen molar-refractivity contribution in [3.63, 3.8) is 0 Å². The first-order chi connectivity index (χ1) is 24.0. The van der Waals surface area contributed by atoms with E-state index in [1.165, 1.54) is 5.57 Å². The van der Waals surface area contributed by atoms with Crippen LogP contribution in [0.1, 0.15) is 133 Å². The molecule has 0 radical (unpaired) electrons. The van der Waals surface area contributed by atoms with Gasteiger partial charge in [-0.15, -0.1) is 0 Å². The number of aliphatic hydroxyl groups is 1. The molecule has 6 rings (SSSR count). The predicted molar refractivity (Wildman–Crippen MR) is 206 cm³/mol. The first-order valence-electron chi connectivity index (χ1n) is 19.9. The van der Waals surface area contributed by atoms with Gasteiger partial charge in [-0.3, -0.25) is 14.4 Å². The van der Waals surface area contributed by atoms with Crippen LogP contribution in [0.15, 0.2) is 35.4 Å². The molecular weight excluding hydrogens is 674 g/mol. The van der Waals surface area contributed by atoms with Crippen molar-refractivity contribution >= 4 is 35.0 Å². The van der Waals surface area contributed by atoms with Gasteiger partial charge in [0.2, 0.25) is 0 Å². The van der Waals surface area contributed by atoms with Crippen molar-refractivity contribution in [1.82, 2.24) is 0 Å². The number of benzene rings is 1. The first-order valence-corrected chi connectivity index (χ1v) is 20.3. The zero-order valence-corrected chi connectivity index (χ0v) is 34.1. The molecule has 0 spiro atoms. The topological polar surface area (TPSA) is 113 Å². The van der Waals surface area contributed by atoms with Crippen LogP contribution >= 0.6 is 11.6 Å². The minimum absolute atomic E-state index is 0.00967. The highest BCUT2D eigenvalue weighted by Gasteiger charge is 2.74. The number of halogens is 1. The number of nitrogens with one attached hydrogen (secondary N) is 1. The molecule has 1 aromatic carbocycles. The maximum Gasteiger partial charge on any atom is 0.309 e. The Morgan fingerprint density at radius 2 is 1.58 bits per heavy atom. The normalized spacial score (nSPS) is 38.9. The van der Waals surface area contributed by atoms with Gasteiger partial charge >= 0.3 is 11.9 Å². The molecular formula is C44H64ClNO6. The third-order valence-electron chi connectivity index (χ3n) is 16.6. The van der Waals surface area contributed by atoms with E-state index in [0.717, 1.165) is 62.6 Å². The summed E-state index contributed by atoms with van der Waals surface area (Å²) in [6.07, 6.45) is 6.89. The molecule has 288 valence electrons. The number of fused-ring (bicyclic) bond motifs is 7. The molecule has 0 aromatic heterocycles. The fraction of sp³-hybridized carbons (Fsp3) is 0.750. The van der Waals surface area contributed by atoms with E-state index < -0.39 is 28.9 Å². The molecule has 0 saturated heterocycles. The summed E-state index contributed by atoms with van der Waals surface area (Å²) in [5, 5.41) is 26.0. The number of hydrogen-bond donors (Lipinski definition) is 3. The van der Waals surface area contributed by atoms with Crippen molar-refractivity contribution in [3.05, 3.63) is 40.4 Å². The highest BCUT2D eigenvalue weighted by Crippen LogP contribution is 2.80. The Morgan fingerprint density at radius 1 is 0.942 bits per heavy atom. The number of anilines is 1. The SMILES string of the molecule is CC(C)C1=C2[C@@]([C@H](O)CNc3ccc(Cl)cc3)(CC[C@]3(C)[C@]2(C)CC[C@@H]2[C@@]4(C)CC[C@H](OC(=O)CC(C)(C)C(=O)O)C(C)(C)[C@@H]4CC[C@]23C)CC1=O. The van der Waals surface area contributed by atoms with Crippen molar-refractivity contribution in [2.24, 2.45) is 55.7 Å². The van der Waals surface area contributed by atoms with Crippen molar-refractivity contribution in [1.29, 1.82) is 0 Å². The molecule has 0 aliphatic heterocycles. The molecule has 9 atom stereocenters. The Bertz CT molecular complexity index is 1650. The number of esters is 1. The number of aliphatic carboxylic acids is 1. The minimum Gasteiger partial charge on any atom is -0.481 e. The molecule has 52 heavy (non-hydrogen) atoms. The summed E-state index contributed by atoms with van der Waals surface area (Å²) in [5.74, 6) is -0.308. The van der Waals surface area contributed by atoms with Crippen molar-refractivity contribution in [2.75, 3.05) is 11.9 Å². The van der Waals surface area contributed by atoms with Crippen LogP contribution in [0.25, 0.3) is 0 Å². The summed E-state index contributed by atoms with van der Waals surface area (Å²) in [7, 11) is 0. The average Bonchev–Trinajstić information content (AvgIpc) is 3.37. The molecule has 5 aliphatic carbocycles. The summed E-state index contributed by atoms with van der Waals surface area (Å²) < 4.78 is 6.17. The summed E-state index contributed by atoms with van der Waals surface area (Å²) in [6, 6.07) is 7.56. The van der Waals surface area contributed by atoms with Crippen molar-refractivity contribution in [3.8, 4) is 0 Å². The van der Waals surface area contributed by atoms with Crippen LogP contribution in [-0.2, 0) is 19.1 Å². The Labute approximate surface area is 317 Å². The Kier molecular flexibility index (Phi) is 9.72. The quantitative estimate of drug-likeness (QED) is 0.216. The molecule has 0 heterocycles. The van der Waals surface area contributed by atoms with E-state index in [1.807, 2.05) is 24.3 Å². The van der Waals surface area contributed by atoms with Crippen LogP contribution in [0.2, 0.25) is 5.02 Å². The van der Waals surface area contributed by atoms with Gasteiger partial charge in [0.25, 0.3) is 0 Å². The van der Waals surface area contributed by atoms with E-state index in [-0.39, 0.29) is 51.3 Å². The maximum absolute atomic E-state index is 14.1. The number of carboxylic acids is 1. The van der Waals surface area contributed by atoms with Crippen molar-refractivity contribution < 1.29 is 29.3 Å². The van der Waals surface area contributed by atoms with E-state index in [1.54, 1.807) is 13.8 Å². The number of aliphatic hydroxyl groups excluding tert-OH is 1. The zero-order valence-electron chi connectivity index (χ0n) is 33.4. The standard InChI is InChI=1S/C44H64ClNO6/c1-26(2)35-29(47)23-44(32(48)25-46-28-13-11-27(45)12-14-28)22-21-43(10)41(8)19-15-30-39(5,6)33(52-34(49)24-38(3,4)37(50)51)17-18-40(30,7)31(41)16-20-42(43,9)36(35)44/h11-14,26,30-33,46,48H,15-25H2,1-10H3,(H,50,51)/t30-,31+,32+,33-,40-,41+,42+,43-,44-/m0/s1. The van der Waals surface area contributed by atoms with Crippen LogP contribution in [0.4, 0.5) is 5.69 Å². The number of ketones is 1. The van der Waals surface area contributed by atoms with E-state index >= 15 is 0 Å². The van der Waals surface area contributed by atoms with Crippen LogP contribution < -0.4 is 5.32 Å². The van der Waals surface area contributed by atoms with Gasteiger partial charge in [-0.2, -0.15) is 0 Å². The fourth-order valence-electron chi connectivity index (χ4n) is 13.4. The van der Waals surface area contributed by atoms with Crippen LogP contribution in [0.5, 0.6) is 0 Å². The van der Waals surface area contributed by atoms with Gasteiger partial charge in [-0.25, -0.2) is 0 Å². The largest absolute Gasteiger partial charge is 0.481 e. The highest BCUT2D eigenvalue weighted by molar-refractivity contribution is 6.30. The van der Waals surface area contributed by atoms with Crippen LogP contribution in [0.3, 0.4) is 0 Å². The molecule has 1 aromatic rings. The van der Waals surface area contributed by atoms with Gasteiger partial charge in [0.1, 0.15) is 6.10 Å². The number of carbonyl (C=O) groups is 3. The van der Waals surface area contributed by atoms with Gasteiger partial charge < -0.3 is 20.3 Å². The monoisotopic (exact) mass is 737 g/mol. The number of hydrogen-bond acceptors (Lipinski definition) is 6. The second-order valence-electron chi connectivity index (χ2n) is 20.1. The molecule has 3 N–H and O–H groups in total. The third-order valence-corrected chi connectivity index (χ3v) is 16.8. The molecule has 4 fully saturated rings. The number of ether oxygens (including phenoxy) is 1. The second-order valence-corrected chi connectivity index (χ2v) is 20.5. The minimum atomic E-state index is -1.17. The van der Waals surface area contributed by atoms with E-state index in [2.05, 4.69) is 60.7 Å². The lowest BCUT2D eigenvalue weighted by Gasteiger charge is -2.75. The number of allylic oxidation sites excluding steroid dienone is 1. The first kappa shape index (κ1) is 39.3. The second kappa shape index (κ2) is 12.9. The van der Waals surface area contributed by atoms with Gasteiger partial charge in [0.05, 0.1) is 17.9 Å². The summed E-state index contributed by atoms with van der Waals surface area (Å²) in [5.41, 5.74) is 0.836. The van der Waals surface area contributed by atoms with Gasteiger partial charge in [-0.05, 0) is 140 Å². The molecule has 0 amide bonds. The third kappa shape index (κ3) is 5.63. The molecule has 8 heteroatoms. The Balaban J connectivity index is 1.31. The van der Waals surface area contributed by atoms with Gasteiger partial charge in [0.15, 0.2) is 5.78 Å². The summed E-state index contributed by atoms with van der Waals surface area (Å²) in [6.45, 7) is 22.4. The van der Waals surface area contributed by atoms with E-state index in [0.29, 0.717) is 29.8 Å². The van der Waals surface area contributed by atoms with E-state index in [9.17, 15) is 24.6 Å². The highest BCUT2D eigenvalue weighted by atomic mass is 35.5. The van der Waals surface area contributed by atoms with Crippen molar-refractivity contribution in [2.45, 2.75) is 146 Å². The maximum atomic E-state index is 14.1. The van der Waals surface area contributed by atoms with E-state index in [4.69, 9.17) is 16.3 Å². The number of carbonyl (C=O) groups excluding carboxylic acids is 2. The zero-order chi connectivity index (χ0) is 38.4. The lowest BCUT2D eigenvalue weighted by Crippen LogP contribution is -2.68. The van der Waals surface area contributed by atoms with Crippen LogP contribution in [0, 0.1) is 55.7 Å².